The van der Waals surface area contributed by atoms with Crippen molar-refractivity contribution in [3.63, 3.8) is 0 Å². The van der Waals surface area contributed by atoms with Gasteiger partial charge in [-0.2, -0.15) is 0 Å². The molecule has 1 saturated carbocycles. The van der Waals surface area contributed by atoms with Crippen molar-refractivity contribution in [3.05, 3.63) is 94.5 Å². The Labute approximate surface area is 254 Å². The second-order valence-corrected chi connectivity index (χ2v) is 13.3. The number of anilines is 1. The zero-order chi connectivity index (χ0) is 30.3. The lowest BCUT2D eigenvalue weighted by Gasteiger charge is -2.33. The first-order valence-corrected chi connectivity index (χ1v) is 16.4. The van der Waals surface area contributed by atoms with Crippen molar-refractivity contribution < 1.29 is 18.0 Å². The van der Waals surface area contributed by atoms with Crippen LogP contribution in [-0.2, 0) is 26.0 Å². The van der Waals surface area contributed by atoms with Gasteiger partial charge in [-0.3, -0.25) is 13.9 Å². The Kier molecular flexibility index (Phi) is 10.7. The van der Waals surface area contributed by atoms with Crippen LogP contribution in [-0.4, -0.2) is 50.3 Å². The number of amides is 2. The fourth-order valence-corrected chi connectivity index (χ4v) is 7.00. The number of carbonyl (C=O) groups excluding carboxylic acids is 2. The van der Waals surface area contributed by atoms with E-state index in [1.807, 2.05) is 37.3 Å². The van der Waals surface area contributed by atoms with Gasteiger partial charge in [0, 0.05) is 17.6 Å². The first-order valence-electron chi connectivity index (χ1n) is 14.6. The van der Waals surface area contributed by atoms with Gasteiger partial charge in [-0.1, -0.05) is 85.0 Å². The highest BCUT2D eigenvalue weighted by molar-refractivity contribution is 7.92. The third-order valence-electron chi connectivity index (χ3n) is 8.00. The van der Waals surface area contributed by atoms with Crippen LogP contribution in [0.1, 0.15) is 55.7 Å². The van der Waals surface area contributed by atoms with E-state index in [1.165, 1.54) is 17.0 Å². The van der Waals surface area contributed by atoms with Crippen LogP contribution >= 0.6 is 11.6 Å². The van der Waals surface area contributed by atoms with Crippen molar-refractivity contribution in [2.24, 2.45) is 0 Å². The average molecular weight is 610 g/mol. The largest absolute Gasteiger partial charge is 0.352 e. The minimum atomic E-state index is -4.15. The van der Waals surface area contributed by atoms with Gasteiger partial charge in [0.2, 0.25) is 11.8 Å². The monoisotopic (exact) mass is 609 g/mol. The Hall–Kier alpha value is -3.36. The number of carbonyl (C=O) groups is 2. The number of hydrogen-bond donors (Lipinski definition) is 1. The van der Waals surface area contributed by atoms with Crippen LogP contribution < -0.4 is 9.62 Å². The number of halogens is 1. The van der Waals surface area contributed by atoms with Gasteiger partial charge in [0.1, 0.15) is 12.6 Å². The quantitative estimate of drug-likeness (QED) is 0.286. The maximum absolute atomic E-state index is 14.1. The molecule has 0 unspecified atom stereocenters. The lowest BCUT2D eigenvalue weighted by Crippen LogP contribution is -2.53. The minimum absolute atomic E-state index is 0.0687. The molecular weight excluding hydrogens is 570 g/mol. The Morgan fingerprint density at radius 2 is 1.60 bits per heavy atom. The summed E-state index contributed by atoms with van der Waals surface area (Å²) in [6.45, 7) is 5.10. The van der Waals surface area contributed by atoms with Gasteiger partial charge < -0.3 is 10.2 Å². The van der Waals surface area contributed by atoms with Crippen molar-refractivity contribution in [2.45, 2.75) is 76.3 Å². The number of rotatable bonds is 11. The zero-order valence-electron chi connectivity index (χ0n) is 24.6. The van der Waals surface area contributed by atoms with Gasteiger partial charge >= 0.3 is 0 Å². The van der Waals surface area contributed by atoms with E-state index in [2.05, 4.69) is 5.32 Å². The van der Waals surface area contributed by atoms with Gasteiger partial charge in [-0.05, 0) is 75.4 Å². The van der Waals surface area contributed by atoms with Crippen molar-refractivity contribution in [2.75, 3.05) is 17.4 Å². The molecule has 3 aromatic rings. The number of nitrogens with one attached hydrogen (secondary N) is 1. The second kappa shape index (κ2) is 14.2. The lowest BCUT2D eigenvalue weighted by molar-refractivity contribution is -0.139. The second-order valence-electron chi connectivity index (χ2n) is 11.1. The van der Waals surface area contributed by atoms with Gasteiger partial charge in [-0.25, -0.2) is 8.42 Å². The topological polar surface area (TPSA) is 86.8 Å². The van der Waals surface area contributed by atoms with Crippen LogP contribution in [0.3, 0.4) is 0 Å². The highest BCUT2D eigenvalue weighted by Gasteiger charge is 2.33. The lowest BCUT2D eigenvalue weighted by atomic mass is 9.95. The molecule has 1 atom stereocenters. The van der Waals surface area contributed by atoms with E-state index in [-0.39, 0.29) is 23.4 Å². The molecule has 0 heterocycles. The summed E-state index contributed by atoms with van der Waals surface area (Å²) in [6, 6.07) is 20.5. The van der Waals surface area contributed by atoms with Crippen LogP contribution in [0, 0.1) is 13.8 Å². The van der Waals surface area contributed by atoms with Crippen LogP contribution in [0.5, 0.6) is 0 Å². The number of sulfonamides is 1. The molecule has 0 spiro atoms. The van der Waals surface area contributed by atoms with E-state index in [9.17, 15) is 18.0 Å². The third-order valence-corrected chi connectivity index (χ3v) is 10.2. The van der Waals surface area contributed by atoms with E-state index < -0.39 is 28.5 Å². The van der Waals surface area contributed by atoms with Crippen LogP contribution in [0.25, 0.3) is 0 Å². The standard InChI is InChI=1S/C33H40ClN3O4S/c1-24-17-19-29(20-18-24)42(40,41)37(31-16-10-15-30(34)25(31)2)23-32(38)36(22-21-27-11-6-4-7-12-27)26(3)33(39)35-28-13-8-5-9-14-28/h4,6-7,10-12,15-20,26,28H,5,8-9,13-14,21-23H2,1-3H3,(H,35,39)/t26-/m0/s1. The predicted molar refractivity (Wildman–Crippen MR) is 168 cm³/mol. The molecule has 7 nitrogen and oxygen atoms in total. The Morgan fingerprint density at radius 3 is 2.26 bits per heavy atom. The molecule has 0 bridgehead atoms. The molecule has 1 aliphatic rings. The first kappa shape index (κ1) is 31.6. The summed E-state index contributed by atoms with van der Waals surface area (Å²) in [5.74, 6) is -0.692. The molecule has 224 valence electrons. The summed E-state index contributed by atoms with van der Waals surface area (Å²) in [4.78, 5) is 29.1. The Balaban J connectivity index is 1.67. The van der Waals surface area contributed by atoms with Gasteiger partial charge in [0.15, 0.2) is 0 Å². The van der Waals surface area contributed by atoms with Crippen LogP contribution in [0.15, 0.2) is 77.7 Å². The maximum atomic E-state index is 14.1. The fraction of sp³-hybridized carbons (Fsp3) is 0.394. The van der Waals surface area contributed by atoms with Gasteiger partial charge in [-0.15, -0.1) is 0 Å². The summed E-state index contributed by atoms with van der Waals surface area (Å²) < 4.78 is 29.2. The molecule has 1 N–H and O–H groups in total. The molecule has 9 heteroatoms. The molecule has 0 aromatic heterocycles. The Morgan fingerprint density at radius 1 is 0.929 bits per heavy atom. The molecule has 0 aliphatic heterocycles. The number of benzene rings is 3. The molecule has 1 aliphatic carbocycles. The fourth-order valence-electron chi connectivity index (χ4n) is 5.36. The van der Waals surface area contributed by atoms with Crippen molar-refractivity contribution >= 4 is 39.1 Å². The number of nitrogens with zero attached hydrogens (tertiary/aromatic N) is 2. The minimum Gasteiger partial charge on any atom is -0.352 e. The molecule has 0 saturated heterocycles. The molecule has 2 amide bonds. The van der Waals surface area contributed by atoms with E-state index in [0.29, 0.717) is 22.7 Å². The summed E-state index contributed by atoms with van der Waals surface area (Å²) >= 11 is 6.41. The SMILES string of the molecule is Cc1ccc(S(=O)(=O)N(CC(=O)N(CCc2ccccc2)[C@@H](C)C(=O)NC2CCCCC2)c2cccc(Cl)c2C)cc1. The summed E-state index contributed by atoms with van der Waals surface area (Å²) in [5, 5.41) is 3.53. The average Bonchev–Trinajstić information content (AvgIpc) is 2.98. The van der Waals surface area contributed by atoms with E-state index in [4.69, 9.17) is 11.6 Å². The van der Waals surface area contributed by atoms with E-state index in [1.54, 1.807) is 44.2 Å². The molecule has 0 radical (unpaired) electrons. The molecule has 3 aromatic carbocycles. The van der Waals surface area contributed by atoms with E-state index in [0.717, 1.165) is 47.5 Å². The maximum Gasteiger partial charge on any atom is 0.264 e. The smallest absolute Gasteiger partial charge is 0.264 e. The molecule has 1 fully saturated rings. The predicted octanol–water partition coefficient (Wildman–Crippen LogP) is 6.06. The highest BCUT2D eigenvalue weighted by atomic mass is 35.5. The van der Waals surface area contributed by atoms with Crippen molar-refractivity contribution in [1.82, 2.24) is 10.2 Å². The third kappa shape index (κ3) is 7.72. The summed E-state index contributed by atoms with van der Waals surface area (Å²) in [5.41, 5.74) is 2.80. The van der Waals surface area contributed by atoms with Crippen molar-refractivity contribution in [1.29, 1.82) is 0 Å². The molecular formula is C33H40ClN3O4S. The number of aryl methyl sites for hydroxylation is 1. The Bertz CT molecular complexity index is 1470. The van der Waals surface area contributed by atoms with Crippen molar-refractivity contribution in [3.8, 4) is 0 Å². The normalized spacial score (nSPS) is 14.7. The van der Waals surface area contributed by atoms with Gasteiger partial charge in [0.05, 0.1) is 10.6 Å². The number of hydrogen-bond acceptors (Lipinski definition) is 4. The highest BCUT2D eigenvalue weighted by Crippen LogP contribution is 2.31. The summed E-state index contributed by atoms with van der Waals surface area (Å²) in [6.07, 6.45) is 5.67. The van der Waals surface area contributed by atoms with E-state index >= 15 is 0 Å². The van der Waals surface area contributed by atoms with Crippen LogP contribution in [0.4, 0.5) is 5.69 Å². The van der Waals surface area contributed by atoms with Gasteiger partial charge in [0.25, 0.3) is 10.0 Å². The van der Waals surface area contributed by atoms with Crippen LogP contribution in [0.2, 0.25) is 5.02 Å². The zero-order valence-corrected chi connectivity index (χ0v) is 26.1. The summed E-state index contributed by atoms with van der Waals surface area (Å²) in [7, 11) is -4.15. The first-order chi connectivity index (χ1) is 20.1. The molecule has 4 rings (SSSR count). The molecule has 42 heavy (non-hydrogen) atoms.